The molecule has 0 aliphatic heterocycles. The van der Waals surface area contributed by atoms with Crippen LogP contribution in [0.3, 0.4) is 0 Å². The number of anilines is 1. The lowest BCUT2D eigenvalue weighted by atomic mass is 10.1. The quantitative estimate of drug-likeness (QED) is 0.722. The van der Waals surface area contributed by atoms with Gasteiger partial charge in [0.2, 0.25) is 5.91 Å². The highest BCUT2D eigenvalue weighted by Crippen LogP contribution is 2.10. The van der Waals surface area contributed by atoms with Crippen LogP contribution in [0.5, 0.6) is 0 Å². The summed E-state index contributed by atoms with van der Waals surface area (Å²) in [5.74, 6) is 0.328. The Labute approximate surface area is 154 Å². The number of nitrogens with zero attached hydrogens (tertiary/aromatic N) is 2. The average Bonchev–Trinajstić information content (AvgIpc) is 2.68. The minimum absolute atomic E-state index is 0.0502. The summed E-state index contributed by atoms with van der Waals surface area (Å²) in [7, 11) is 0. The van der Waals surface area contributed by atoms with Crippen molar-refractivity contribution >= 4 is 17.6 Å². The molecule has 0 radical (unpaired) electrons. The second-order valence-corrected chi connectivity index (χ2v) is 5.85. The fourth-order valence-corrected chi connectivity index (χ4v) is 2.57. The molecular weight excluding hydrogens is 328 g/mol. The largest absolute Gasteiger partial charge is 0.357 e. The zero-order chi connectivity index (χ0) is 18.8. The Morgan fingerprint density at radius 1 is 1.00 bits per heavy atom. The van der Waals surface area contributed by atoms with Gasteiger partial charge in [-0.05, 0) is 38.0 Å². The van der Waals surface area contributed by atoms with Crippen molar-refractivity contribution in [1.82, 2.24) is 15.6 Å². The Kier molecular flexibility index (Phi) is 7.61. The molecular formula is C20H26N4O2. The standard InChI is InChI=1S/C20H26N4O2/c1-3-24(4-2)18-11-10-17(14-22-18)20(26)23-15-19(25)21-13-12-16-8-6-5-7-9-16/h5-11,14H,3-4,12-13,15H2,1-2H3,(H,21,25)(H,23,26). The number of benzene rings is 1. The fourth-order valence-electron chi connectivity index (χ4n) is 2.57. The topological polar surface area (TPSA) is 74.3 Å². The zero-order valence-corrected chi connectivity index (χ0v) is 15.4. The fraction of sp³-hybridized carbons (Fsp3) is 0.350. The summed E-state index contributed by atoms with van der Waals surface area (Å²) in [4.78, 5) is 30.4. The summed E-state index contributed by atoms with van der Waals surface area (Å²) in [5.41, 5.74) is 1.61. The highest BCUT2D eigenvalue weighted by molar-refractivity contribution is 5.96. The smallest absolute Gasteiger partial charge is 0.253 e. The minimum atomic E-state index is -0.304. The van der Waals surface area contributed by atoms with Crippen LogP contribution < -0.4 is 15.5 Å². The average molecular weight is 354 g/mol. The number of pyridine rings is 1. The molecule has 2 aromatic rings. The zero-order valence-electron chi connectivity index (χ0n) is 15.4. The number of carbonyl (C=O) groups excluding carboxylic acids is 2. The van der Waals surface area contributed by atoms with Gasteiger partial charge in [0.15, 0.2) is 0 Å². The van der Waals surface area contributed by atoms with Crippen LogP contribution in [0.4, 0.5) is 5.82 Å². The van der Waals surface area contributed by atoms with E-state index in [2.05, 4.69) is 34.4 Å². The summed E-state index contributed by atoms with van der Waals surface area (Å²) >= 11 is 0. The van der Waals surface area contributed by atoms with Gasteiger partial charge in [0.25, 0.3) is 5.91 Å². The Bertz CT molecular complexity index is 698. The number of hydrogen-bond acceptors (Lipinski definition) is 4. The Hall–Kier alpha value is -2.89. The van der Waals surface area contributed by atoms with Crippen molar-refractivity contribution in [3.05, 3.63) is 59.8 Å². The first-order valence-electron chi connectivity index (χ1n) is 8.93. The number of nitrogens with one attached hydrogen (secondary N) is 2. The van der Waals surface area contributed by atoms with Crippen molar-refractivity contribution in [2.24, 2.45) is 0 Å². The Morgan fingerprint density at radius 2 is 1.73 bits per heavy atom. The first kappa shape index (κ1) is 19.4. The number of rotatable bonds is 9. The van der Waals surface area contributed by atoms with Gasteiger partial charge >= 0.3 is 0 Å². The van der Waals surface area contributed by atoms with E-state index in [9.17, 15) is 9.59 Å². The highest BCUT2D eigenvalue weighted by Gasteiger charge is 2.10. The van der Waals surface area contributed by atoms with E-state index in [0.717, 1.165) is 30.9 Å². The molecule has 6 nitrogen and oxygen atoms in total. The van der Waals surface area contributed by atoms with Gasteiger partial charge in [-0.3, -0.25) is 9.59 Å². The molecule has 2 N–H and O–H groups in total. The summed E-state index contributed by atoms with van der Waals surface area (Å²) < 4.78 is 0. The van der Waals surface area contributed by atoms with Crippen LogP contribution >= 0.6 is 0 Å². The Balaban J connectivity index is 1.74. The molecule has 0 fully saturated rings. The van der Waals surface area contributed by atoms with E-state index in [4.69, 9.17) is 0 Å². The molecule has 0 unspecified atom stereocenters. The lowest BCUT2D eigenvalue weighted by Gasteiger charge is -2.19. The van der Waals surface area contributed by atoms with Crippen molar-refractivity contribution in [3.63, 3.8) is 0 Å². The summed E-state index contributed by atoms with van der Waals surface area (Å²) in [6.45, 7) is 6.32. The van der Waals surface area contributed by atoms with E-state index in [1.165, 1.54) is 6.20 Å². The lowest BCUT2D eigenvalue weighted by molar-refractivity contribution is -0.120. The summed E-state index contributed by atoms with van der Waals surface area (Å²) in [6, 6.07) is 13.5. The molecule has 0 bridgehead atoms. The van der Waals surface area contributed by atoms with E-state index in [-0.39, 0.29) is 18.4 Å². The first-order chi connectivity index (χ1) is 12.6. The second kappa shape index (κ2) is 10.2. The predicted molar refractivity (Wildman–Crippen MR) is 103 cm³/mol. The molecule has 0 aliphatic rings. The van der Waals surface area contributed by atoms with Crippen LogP contribution in [0.1, 0.15) is 29.8 Å². The van der Waals surface area contributed by atoms with Gasteiger partial charge in [0, 0.05) is 25.8 Å². The van der Waals surface area contributed by atoms with Crippen LogP contribution in [-0.4, -0.2) is 43.0 Å². The van der Waals surface area contributed by atoms with E-state index in [1.807, 2.05) is 36.4 Å². The third kappa shape index (κ3) is 5.88. The number of amides is 2. The molecule has 0 aliphatic carbocycles. The summed E-state index contributed by atoms with van der Waals surface area (Å²) in [5, 5.41) is 5.42. The summed E-state index contributed by atoms with van der Waals surface area (Å²) in [6.07, 6.45) is 2.30. The van der Waals surface area contributed by atoms with Gasteiger partial charge in [-0.25, -0.2) is 4.98 Å². The van der Waals surface area contributed by atoms with E-state index >= 15 is 0 Å². The third-order valence-electron chi connectivity index (χ3n) is 4.09. The molecule has 0 atom stereocenters. The molecule has 0 saturated carbocycles. The van der Waals surface area contributed by atoms with Crippen LogP contribution in [-0.2, 0) is 11.2 Å². The van der Waals surface area contributed by atoms with Gasteiger partial charge < -0.3 is 15.5 Å². The predicted octanol–water partition coefficient (Wildman–Crippen LogP) is 2.02. The number of hydrogen-bond donors (Lipinski definition) is 2. The van der Waals surface area contributed by atoms with E-state index in [1.54, 1.807) is 6.07 Å². The van der Waals surface area contributed by atoms with Crippen molar-refractivity contribution < 1.29 is 9.59 Å². The molecule has 6 heteroatoms. The van der Waals surface area contributed by atoms with Gasteiger partial charge in [-0.1, -0.05) is 30.3 Å². The first-order valence-corrected chi connectivity index (χ1v) is 8.93. The van der Waals surface area contributed by atoms with Crippen LogP contribution in [0.25, 0.3) is 0 Å². The molecule has 138 valence electrons. The van der Waals surface area contributed by atoms with Crippen LogP contribution in [0, 0.1) is 0 Å². The van der Waals surface area contributed by atoms with Crippen molar-refractivity contribution in [2.75, 3.05) is 31.1 Å². The van der Waals surface area contributed by atoms with Gasteiger partial charge in [-0.15, -0.1) is 0 Å². The van der Waals surface area contributed by atoms with E-state index in [0.29, 0.717) is 12.1 Å². The molecule has 1 aromatic carbocycles. The third-order valence-corrected chi connectivity index (χ3v) is 4.09. The highest BCUT2D eigenvalue weighted by atomic mass is 16.2. The van der Waals surface area contributed by atoms with Gasteiger partial charge in [0.1, 0.15) is 5.82 Å². The lowest BCUT2D eigenvalue weighted by Crippen LogP contribution is -2.37. The number of aromatic nitrogens is 1. The second-order valence-electron chi connectivity index (χ2n) is 5.85. The SMILES string of the molecule is CCN(CC)c1ccc(C(=O)NCC(=O)NCCc2ccccc2)cn1. The normalized spacial score (nSPS) is 10.2. The van der Waals surface area contributed by atoms with E-state index < -0.39 is 0 Å². The molecule has 26 heavy (non-hydrogen) atoms. The molecule has 2 rings (SSSR count). The van der Waals surface area contributed by atoms with Gasteiger partial charge in [0.05, 0.1) is 12.1 Å². The Morgan fingerprint density at radius 3 is 2.35 bits per heavy atom. The number of carbonyl (C=O) groups is 2. The monoisotopic (exact) mass is 354 g/mol. The van der Waals surface area contributed by atoms with Crippen LogP contribution in [0.2, 0.25) is 0 Å². The van der Waals surface area contributed by atoms with Crippen molar-refractivity contribution in [2.45, 2.75) is 20.3 Å². The minimum Gasteiger partial charge on any atom is -0.357 e. The maximum Gasteiger partial charge on any atom is 0.253 e. The maximum absolute atomic E-state index is 12.1. The maximum atomic E-state index is 12.1. The van der Waals surface area contributed by atoms with Crippen molar-refractivity contribution in [3.8, 4) is 0 Å². The molecule has 1 aromatic heterocycles. The molecule has 2 amide bonds. The van der Waals surface area contributed by atoms with Gasteiger partial charge in [-0.2, -0.15) is 0 Å². The molecule has 0 spiro atoms. The molecule has 0 saturated heterocycles. The van der Waals surface area contributed by atoms with Crippen LogP contribution in [0.15, 0.2) is 48.7 Å². The van der Waals surface area contributed by atoms with Crippen molar-refractivity contribution in [1.29, 1.82) is 0 Å². The molecule has 1 heterocycles.